The van der Waals surface area contributed by atoms with Gasteiger partial charge in [-0.15, -0.1) is 0 Å². The lowest BCUT2D eigenvalue weighted by Crippen LogP contribution is -2.54. The number of carbonyl (C=O) groups is 1. The van der Waals surface area contributed by atoms with Crippen LogP contribution in [0.2, 0.25) is 5.02 Å². The molecule has 4 nitrogen and oxygen atoms in total. The van der Waals surface area contributed by atoms with Crippen LogP contribution < -0.4 is 10.6 Å². The summed E-state index contributed by atoms with van der Waals surface area (Å²) in [4.78, 5) is 16.2. The molecule has 0 spiro atoms. The van der Waals surface area contributed by atoms with Gasteiger partial charge in [-0.1, -0.05) is 11.6 Å². The number of halogens is 1. The molecule has 5 heteroatoms. The maximum absolute atomic E-state index is 12.1. The number of hydrogen-bond donors (Lipinski definition) is 2. The van der Waals surface area contributed by atoms with Gasteiger partial charge in [-0.05, 0) is 44.9 Å². The van der Waals surface area contributed by atoms with Crippen LogP contribution in [0.4, 0.5) is 5.82 Å². The zero-order valence-electron chi connectivity index (χ0n) is 9.79. The third-order valence-corrected chi connectivity index (χ3v) is 3.31. The van der Waals surface area contributed by atoms with E-state index in [2.05, 4.69) is 15.6 Å². The molecular formula is C12H16ClN3O. The van der Waals surface area contributed by atoms with Crippen molar-refractivity contribution in [1.82, 2.24) is 10.3 Å². The van der Waals surface area contributed by atoms with Gasteiger partial charge in [-0.2, -0.15) is 0 Å². The maximum atomic E-state index is 12.1. The van der Waals surface area contributed by atoms with Crippen LogP contribution in [0.3, 0.4) is 0 Å². The molecule has 2 N–H and O–H groups in total. The quantitative estimate of drug-likeness (QED) is 0.850. The van der Waals surface area contributed by atoms with E-state index in [0.717, 1.165) is 25.8 Å². The van der Waals surface area contributed by atoms with Crippen molar-refractivity contribution in [2.45, 2.75) is 31.7 Å². The summed E-state index contributed by atoms with van der Waals surface area (Å²) >= 11 is 5.74. The maximum Gasteiger partial charge on any atom is 0.245 e. The Bertz CT molecular complexity index is 399. The SMILES string of the molecule is CC1(C(=O)Nc2ccc(Cl)cn2)CCCCN1. The Morgan fingerprint density at radius 2 is 2.35 bits per heavy atom. The zero-order valence-corrected chi connectivity index (χ0v) is 10.5. The number of carbonyl (C=O) groups excluding carboxylic acids is 1. The largest absolute Gasteiger partial charge is 0.309 e. The Morgan fingerprint density at radius 1 is 1.53 bits per heavy atom. The number of hydrogen-bond acceptors (Lipinski definition) is 3. The summed E-state index contributed by atoms with van der Waals surface area (Å²) in [6.45, 7) is 2.81. The molecule has 0 bridgehead atoms. The zero-order chi connectivity index (χ0) is 12.3. The van der Waals surface area contributed by atoms with Gasteiger partial charge in [0.1, 0.15) is 5.82 Å². The lowest BCUT2D eigenvalue weighted by molar-refractivity contribution is -0.122. The monoisotopic (exact) mass is 253 g/mol. The smallest absolute Gasteiger partial charge is 0.245 e. The number of piperidine rings is 1. The van der Waals surface area contributed by atoms with Crippen molar-refractivity contribution in [1.29, 1.82) is 0 Å². The minimum atomic E-state index is -0.487. The molecule has 1 aromatic rings. The highest BCUT2D eigenvalue weighted by Gasteiger charge is 2.34. The van der Waals surface area contributed by atoms with Crippen LogP contribution in [0.5, 0.6) is 0 Å². The van der Waals surface area contributed by atoms with Crippen molar-refractivity contribution < 1.29 is 4.79 Å². The van der Waals surface area contributed by atoms with E-state index in [1.807, 2.05) is 6.92 Å². The van der Waals surface area contributed by atoms with Crippen LogP contribution in [-0.2, 0) is 4.79 Å². The molecule has 1 aromatic heterocycles. The number of aromatic nitrogens is 1. The van der Waals surface area contributed by atoms with Gasteiger partial charge < -0.3 is 10.6 Å². The van der Waals surface area contributed by atoms with Crippen molar-refractivity contribution in [2.75, 3.05) is 11.9 Å². The molecule has 0 aromatic carbocycles. The topological polar surface area (TPSA) is 54.0 Å². The summed E-state index contributed by atoms with van der Waals surface area (Å²) < 4.78 is 0. The highest BCUT2D eigenvalue weighted by Crippen LogP contribution is 2.20. The number of nitrogens with zero attached hydrogens (tertiary/aromatic N) is 1. The molecule has 1 amide bonds. The van der Waals surface area contributed by atoms with Gasteiger partial charge in [0.05, 0.1) is 10.6 Å². The number of nitrogens with one attached hydrogen (secondary N) is 2. The third-order valence-electron chi connectivity index (χ3n) is 3.09. The van der Waals surface area contributed by atoms with Crippen molar-refractivity contribution >= 4 is 23.3 Å². The summed E-state index contributed by atoms with van der Waals surface area (Å²) in [5.74, 6) is 0.500. The highest BCUT2D eigenvalue weighted by atomic mass is 35.5. The van der Waals surface area contributed by atoms with Crippen molar-refractivity contribution in [3.05, 3.63) is 23.4 Å². The van der Waals surface area contributed by atoms with Crippen LogP contribution in [0.25, 0.3) is 0 Å². The van der Waals surface area contributed by atoms with Crippen LogP contribution >= 0.6 is 11.6 Å². The molecule has 0 saturated carbocycles. The number of anilines is 1. The molecule has 1 fully saturated rings. The average molecular weight is 254 g/mol. The first-order chi connectivity index (χ1) is 8.10. The van der Waals surface area contributed by atoms with Gasteiger partial charge in [-0.25, -0.2) is 4.98 Å². The Kier molecular flexibility index (Phi) is 3.64. The minimum absolute atomic E-state index is 0.0352. The molecule has 92 valence electrons. The van der Waals surface area contributed by atoms with E-state index in [4.69, 9.17) is 11.6 Å². The van der Waals surface area contributed by atoms with E-state index in [1.54, 1.807) is 12.1 Å². The normalized spacial score (nSPS) is 24.4. The summed E-state index contributed by atoms with van der Waals surface area (Å²) in [6.07, 6.45) is 4.58. The average Bonchev–Trinajstić information content (AvgIpc) is 2.33. The van der Waals surface area contributed by atoms with Gasteiger partial charge >= 0.3 is 0 Å². The van der Waals surface area contributed by atoms with E-state index < -0.39 is 5.54 Å². The molecule has 1 atom stereocenters. The summed E-state index contributed by atoms with van der Waals surface area (Å²) in [7, 11) is 0. The second kappa shape index (κ2) is 5.02. The Morgan fingerprint density at radius 3 is 2.94 bits per heavy atom. The number of rotatable bonds is 2. The van der Waals surface area contributed by atoms with Crippen molar-refractivity contribution in [2.24, 2.45) is 0 Å². The van der Waals surface area contributed by atoms with E-state index in [1.165, 1.54) is 6.20 Å². The first-order valence-corrected chi connectivity index (χ1v) is 6.16. The predicted molar refractivity (Wildman–Crippen MR) is 68.1 cm³/mol. The van der Waals surface area contributed by atoms with Gasteiger partial charge in [0.2, 0.25) is 5.91 Å². The number of amides is 1. The Labute approximate surface area is 106 Å². The molecule has 1 saturated heterocycles. The van der Waals surface area contributed by atoms with Gasteiger partial charge in [0.25, 0.3) is 0 Å². The van der Waals surface area contributed by atoms with Gasteiger partial charge in [0, 0.05) is 6.20 Å². The fourth-order valence-corrected chi connectivity index (χ4v) is 2.07. The first kappa shape index (κ1) is 12.3. The lowest BCUT2D eigenvalue weighted by atomic mass is 9.90. The van der Waals surface area contributed by atoms with Gasteiger partial charge in [-0.3, -0.25) is 4.79 Å². The van der Waals surface area contributed by atoms with Crippen LogP contribution in [-0.4, -0.2) is 23.0 Å². The minimum Gasteiger partial charge on any atom is -0.309 e. The number of pyridine rings is 1. The Hall–Kier alpha value is -1.13. The molecule has 1 unspecified atom stereocenters. The van der Waals surface area contributed by atoms with Crippen molar-refractivity contribution in [3.63, 3.8) is 0 Å². The van der Waals surface area contributed by atoms with Gasteiger partial charge in [0.15, 0.2) is 0 Å². The van der Waals surface area contributed by atoms with E-state index in [0.29, 0.717) is 10.8 Å². The first-order valence-electron chi connectivity index (χ1n) is 5.78. The van der Waals surface area contributed by atoms with Crippen LogP contribution in [0.15, 0.2) is 18.3 Å². The third kappa shape index (κ3) is 2.96. The van der Waals surface area contributed by atoms with Crippen LogP contribution in [0.1, 0.15) is 26.2 Å². The van der Waals surface area contributed by atoms with Crippen LogP contribution in [0, 0.1) is 0 Å². The molecular weight excluding hydrogens is 238 g/mol. The predicted octanol–water partition coefficient (Wildman–Crippen LogP) is 2.21. The summed E-state index contributed by atoms with van der Waals surface area (Å²) in [6, 6.07) is 3.41. The standard InChI is InChI=1S/C12H16ClN3O/c1-12(6-2-3-7-15-12)11(17)16-10-5-4-9(13)8-14-10/h4-5,8,15H,2-3,6-7H2,1H3,(H,14,16,17). The fraction of sp³-hybridized carbons (Fsp3) is 0.500. The molecule has 1 aliphatic heterocycles. The molecule has 2 heterocycles. The molecule has 0 radical (unpaired) electrons. The Balaban J connectivity index is 2.03. The molecule has 2 rings (SSSR count). The second-order valence-corrected chi connectivity index (χ2v) is 4.97. The summed E-state index contributed by atoms with van der Waals surface area (Å²) in [5.41, 5.74) is -0.487. The van der Waals surface area contributed by atoms with E-state index in [9.17, 15) is 4.79 Å². The van der Waals surface area contributed by atoms with E-state index >= 15 is 0 Å². The molecule has 0 aliphatic carbocycles. The fourth-order valence-electron chi connectivity index (χ4n) is 1.95. The van der Waals surface area contributed by atoms with E-state index in [-0.39, 0.29) is 5.91 Å². The summed E-state index contributed by atoms with van der Waals surface area (Å²) in [5, 5.41) is 6.63. The molecule has 1 aliphatic rings. The second-order valence-electron chi connectivity index (χ2n) is 4.53. The highest BCUT2D eigenvalue weighted by molar-refractivity contribution is 6.30. The van der Waals surface area contributed by atoms with Crippen molar-refractivity contribution in [3.8, 4) is 0 Å². The lowest BCUT2D eigenvalue weighted by Gasteiger charge is -2.33. The molecule has 17 heavy (non-hydrogen) atoms.